The van der Waals surface area contributed by atoms with E-state index >= 15 is 0 Å². The zero-order valence-corrected chi connectivity index (χ0v) is 10.4. The summed E-state index contributed by atoms with van der Waals surface area (Å²) in [6.07, 6.45) is 0.644. The van der Waals surface area contributed by atoms with E-state index in [2.05, 4.69) is 15.3 Å². The number of carbonyl (C=O) groups is 2. The predicted molar refractivity (Wildman–Crippen MR) is 65.9 cm³/mol. The van der Waals surface area contributed by atoms with Crippen LogP contribution in [-0.2, 0) is 16.0 Å². The maximum Gasteiger partial charge on any atom is 0.246 e. The Morgan fingerprint density at radius 3 is 2.44 bits per heavy atom. The fraction of sp³-hybridized carbons (Fsp3) is 0.455. The molecule has 1 saturated heterocycles. The fourth-order valence-corrected chi connectivity index (χ4v) is 1.82. The van der Waals surface area contributed by atoms with Crippen molar-refractivity contribution in [1.29, 1.82) is 0 Å². The standard InChI is InChI=1S/C11H15N5O2/c1-3-7-13-10(12)6(2)11(14-7)16-4-8(17)15-9(18)5-16/h3-5H2,1-2H3,(H2,12,13,14)(H,15,17,18). The van der Waals surface area contributed by atoms with Crippen molar-refractivity contribution in [1.82, 2.24) is 15.3 Å². The molecule has 0 aliphatic carbocycles. The Morgan fingerprint density at radius 2 is 1.89 bits per heavy atom. The van der Waals surface area contributed by atoms with Crippen molar-refractivity contribution in [2.75, 3.05) is 23.7 Å². The van der Waals surface area contributed by atoms with Gasteiger partial charge in [0.15, 0.2) is 0 Å². The van der Waals surface area contributed by atoms with Crippen LogP contribution < -0.4 is 16.0 Å². The van der Waals surface area contributed by atoms with E-state index in [1.54, 1.807) is 11.8 Å². The molecule has 0 saturated carbocycles. The second-order valence-electron chi connectivity index (χ2n) is 4.15. The Kier molecular flexibility index (Phi) is 3.14. The van der Waals surface area contributed by atoms with E-state index in [1.165, 1.54) is 0 Å². The van der Waals surface area contributed by atoms with Crippen molar-refractivity contribution in [3.63, 3.8) is 0 Å². The number of imide groups is 1. The molecule has 1 aromatic rings. The topological polar surface area (TPSA) is 101 Å². The quantitative estimate of drug-likeness (QED) is 0.678. The van der Waals surface area contributed by atoms with Gasteiger partial charge in [-0.2, -0.15) is 0 Å². The average Bonchev–Trinajstić information content (AvgIpc) is 2.31. The molecule has 2 heterocycles. The van der Waals surface area contributed by atoms with Gasteiger partial charge in [-0.3, -0.25) is 14.9 Å². The van der Waals surface area contributed by atoms with E-state index in [-0.39, 0.29) is 24.9 Å². The Morgan fingerprint density at radius 1 is 1.28 bits per heavy atom. The molecule has 7 heteroatoms. The van der Waals surface area contributed by atoms with E-state index in [0.29, 0.717) is 29.4 Å². The molecule has 7 nitrogen and oxygen atoms in total. The molecule has 3 N–H and O–H groups in total. The van der Waals surface area contributed by atoms with Crippen molar-refractivity contribution in [2.24, 2.45) is 0 Å². The minimum atomic E-state index is -0.333. The molecule has 0 radical (unpaired) electrons. The Hall–Kier alpha value is -2.18. The van der Waals surface area contributed by atoms with Gasteiger partial charge in [0.25, 0.3) is 0 Å². The zero-order valence-electron chi connectivity index (χ0n) is 10.4. The lowest BCUT2D eigenvalue weighted by Crippen LogP contribution is -2.52. The molecule has 96 valence electrons. The first-order valence-electron chi connectivity index (χ1n) is 5.72. The summed E-state index contributed by atoms with van der Waals surface area (Å²) in [7, 11) is 0. The van der Waals surface area contributed by atoms with Crippen LogP contribution in [0.5, 0.6) is 0 Å². The highest BCUT2D eigenvalue weighted by atomic mass is 16.2. The molecule has 1 fully saturated rings. The lowest BCUT2D eigenvalue weighted by molar-refractivity contribution is -0.130. The van der Waals surface area contributed by atoms with Crippen molar-refractivity contribution in [3.8, 4) is 0 Å². The summed E-state index contributed by atoms with van der Waals surface area (Å²) in [5.41, 5.74) is 6.50. The number of anilines is 2. The maximum atomic E-state index is 11.4. The maximum absolute atomic E-state index is 11.4. The number of amides is 2. The number of aromatic nitrogens is 2. The minimum Gasteiger partial charge on any atom is -0.383 e. The van der Waals surface area contributed by atoms with Crippen LogP contribution in [0, 0.1) is 6.92 Å². The number of hydrogen-bond acceptors (Lipinski definition) is 6. The van der Waals surface area contributed by atoms with Crippen LogP contribution in [0.3, 0.4) is 0 Å². The van der Waals surface area contributed by atoms with E-state index in [0.717, 1.165) is 0 Å². The van der Waals surface area contributed by atoms with E-state index < -0.39 is 0 Å². The van der Waals surface area contributed by atoms with Crippen molar-refractivity contribution >= 4 is 23.5 Å². The lowest BCUT2D eigenvalue weighted by Gasteiger charge is -2.28. The van der Waals surface area contributed by atoms with Crippen molar-refractivity contribution in [3.05, 3.63) is 11.4 Å². The molecule has 1 aromatic heterocycles. The number of piperazine rings is 1. The fourth-order valence-electron chi connectivity index (χ4n) is 1.82. The van der Waals surface area contributed by atoms with Gasteiger partial charge in [0.05, 0.1) is 13.1 Å². The van der Waals surface area contributed by atoms with Crippen molar-refractivity contribution < 1.29 is 9.59 Å². The first-order chi connectivity index (χ1) is 8.51. The molecule has 2 rings (SSSR count). The molecule has 1 aliphatic rings. The molecule has 18 heavy (non-hydrogen) atoms. The van der Waals surface area contributed by atoms with Crippen LogP contribution in [0.2, 0.25) is 0 Å². The van der Waals surface area contributed by atoms with Gasteiger partial charge in [-0.05, 0) is 6.92 Å². The number of carbonyl (C=O) groups excluding carboxylic acids is 2. The third kappa shape index (κ3) is 2.24. The third-order valence-corrected chi connectivity index (χ3v) is 2.77. The summed E-state index contributed by atoms with van der Waals surface area (Å²) in [4.78, 5) is 32.8. The van der Waals surface area contributed by atoms with Crippen LogP contribution in [0.15, 0.2) is 0 Å². The SMILES string of the molecule is CCc1nc(N)c(C)c(N2CC(=O)NC(=O)C2)n1. The monoisotopic (exact) mass is 249 g/mol. The first-order valence-corrected chi connectivity index (χ1v) is 5.72. The molecule has 1 aliphatic heterocycles. The van der Waals surface area contributed by atoms with Gasteiger partial charge >= 0.3 is 0 Å². The summed E-state index contributed by atoms with van der Waals surface area (Å²) in [5.74, 6) is 0.881. The zero-order chi connectivity index (χ0) is 13.3. The van der Waals surface area contributed by atoms with Crippen LogP contribution in [0.4, 0.5) is 11.6 Å². The minimum absolute atomic E-state index is 0.103. The largest absolute Gasteiger partial charge is 0.383 e. The van der Waals surface area contributed by atoms with E-state index in [4.69, 9.17) is 5.73 Å². The molecule has 0 aromatic carbocycles. The second kappa shape index (κ2) is 4.59. The molecule has 0 unspecified atom stereocenters. The summed E-state index contributed by atoms with van der Waals surface area (Å²) >= 11 is 0. The predicted octanol–water partition coefficient (Wildman–Crippen LogP) is -0.608. The number of nitrogens with zero attached hydrogens (tertiary/aromatic N) is 3. The van der Waals surface area contributed by atoms with Crippen LogP contribution >= 0.6 is 0 Å². The highest BCUT2D eigenvalue weighted by molar-refractivity contribution is 6.02. The number of nitrogen functional groups attached to an aromatic ring is 1. The van der Waals surface area contributed by atoms with Gasteiger partial charge in [-0.15, -0.1) is 0 Å². The molecule has 0 spiro atoms. The van der Waals surface area contributed by atoms with E-state index in [9.17, 15) is 9.59 Å². The van der Waals surface area contributed by atoms with Crippen LogP contribution in [0.1, 0.15) is 18.3 Å². The highest BCUT2D eigenvalue weighted by Crippen LogP contribution is 2.22. The second-order valence-corrected chi connectivity index (χ2v) is 4.15. The number of hydrogen-bond donors (Lipinski definition) is 2. The summed E-state index contributed by atoms with van der Waals surface area (Å²) < 4.78 is 0. The van der Waals surface area contributed by atoms with Gasteiger partial charge in [-0.25, -0.2) is 9.97 Å². The van der Waals surface area contributed by atoms with Crippen LogP contribution in [-0.4, -0.2) is 34.9 Å². The summed E-state index contributed by atoms with van der Waals surface area (Å²) in [6.45, 7) is 3.90. The van der Waals surface area contributed by atoms with Gasteiger partial charge in [0.1, 0.15) is 17.5 Å². The molecule has 0 bridgehead atoms. The van der Waals surface area contributed by atoms with Gasteiger partial charge in [-0.1, -0.05) is 6.92 Å². The Balaban J connectivity index is 2.40. The Bertz CT molecular complexity index is 498. The molecular weight excluding hydrogens is 234 g/mol. The lowest BCUT2D eigenvalue weighted by atomic mass is 10.2. The third-order valence-electron chi connectivity index (χ3n) is 2.77. The number of nitrogens with two attached hydrogens (primary N) is 1. The first kappa shape index (κ1) is 12.3. The average molecular weight is 249 g/mol. The number of nitrogens with one attached hydrogen (secondary N) is 1. The van der Waals surface area contributed by atoms with E-state index in [1.807, 2.05) is 6.92 Å². The molecule has 0 atom stereocenters. The summed E-state index contributed by atoms with van der Waals surface area (Å²) in [6, 6.07) is 0. The summed E-state index contributed by atoms with van der Waals surface area (Å²) in [5, 5.41) is 2.25. The highest BCUT2D eigenvalue weighted by Gasteiger charge is 2.25. The van der Waals surface area contributed by atoms with Crippen molar-refractivity contribution in [2.45, 2.75) is 20.3 Å². The number of aryl methyl sites for hydroxylation is 1. The van der Waals surface area contributed by atoms with Gasteiger partial charge < -0.3 is 10.6 Å². The normalized spacial score (nSPS) is 15.8. The smallest absolute Gasteiger partial charge is 0.246 e. The van der Waals surface area contributed by atoms with Gasteiger partial charge in [0, 0.05) is 12.0 Å². The molecule has 2 amide bonds. The van der Waals surface area contributed by atoms with Gasteiger partial charge in [0.2, 0.25) is 11.8 Å². The number of rotatable bonds is 2. The van der Waals surface area contributed by atoms with Crippen LogP contribution in [0.25, 0.3) is 0 Å². The molecular formula is C11H15N5O2. The Labute approximate surface area is 104 Å².